The summed E-state index contributed by atoms with van der Waals surface area (Å²) in [5.41, 5.74) is 1.48. The molecule has 88 valence electrons. The molecule has 2 rings (SSSR count). The van der Waals surface area contributed by atoms with Gasteiger partial charge in [-0.2, -0.15) is 0 Å². The zero-order chi connectivity index (χ0) is 12.0. The molecule has 0 saturated carbocycles. The molecule has 0 aliphatic rings. The Morgan fingerprint density at radius 3 is 2.56 bits per heavy atom. The summed E-state index contributed by atoms with van der Waals surface area (Å²) in [5, 5.41) is 3.54. The number of hydrogen-bond donors (Lipinski definition) is 0. The van der Waals surface area contributed by atoms with Crippen LogP contribution in [0.1, 0.15) is 39.7 Å². The standard InChI is InChI=1S/C13H16S.C2H6/c1-10(2)3-4-11-5-6-12-7-8-14-13(12)9-11;1-2/h5-10H,3-4H2,1-2H3;1-2H3. The van der Waals surface area contributed by atoms with Gasteiger partial charge in [-0.05, 0) is 47.2 Å². The molecular weight excluding hydrogens is 212 g/mol. The molecule has 2 aromatic rings. The first kappa shape index (κ1) is 13.2. The highest BCUT2D eigenvalue weighted by Crippen LogP contribution is 2.22. The maximum Gasteiger partial charge on any atom is 0.0345 e. The average molecular weight is 234 g/mol. The van der Waals surface area contributed by atoms with Crippen molar-refractivity contribution in [2.75, 3.05) is 0 Å². The number of benzene rings is 1. The van der Waals surface area contributed by atoms with Gasteiger partial charge in [0.2, 0.25) is 0 Å². The lowest BCUT2D eigenvalue weighted by Gasteiger charge is -2.04. The first-order valence-electron chi connectivity index (χ1n) is 6.22. The van der Waals surface area contributed by atoms with E-state index in [0.717, 1.165) is 5.92 Å². The third-order valence-corrected chi connectivity index (χ3v) is 3.41. The van der Waals surface area contributed by atoms with E-state index < -0.39 is 0 Å². The highest BCUT2D eigenvalue weighted by Gasteiger charge is 1.99. The van der Waals surface area contributed by atoms with Crippen LogP contribution in [0.4, 0.5) is 0 Å². The molecule has 0 atom stereocenters. The van der Waals surface area contributed by atoms with Gasteiger partial charge >= 0.3 is 0 Å². The van der Waals surface area contributed by atoms with E-state index in [2.05, 4.69) is 43.5 Å². The molecule has 0 aliphatic carbocycles. The Morgan fingerprint density at radius 2 is 1.88 bits per heavy atom. The molecule has 16 heavy (non-hydrogen) atoms. The van der Waals surface area contributed by atoms with E-state index >= 15 is 0 Å². The molecule has 1 aromatic heterocycles. The van der Waals surface area contributed by atoms with Crippen LogP contribution in [0, 0.1) is 5.92 Å². The van der Waals surface area contributed by atoms with Crippen LogP contribution in [0.25, 0.3) is 10.1 Å². The fraction of sp³-hybridized carbons (Fsp3) is 0.467. The van der Waals surface area contributed by atoms with E-state index in [4.69, 9.17) is 0 Å². The Bertz CT molecular complexity index is 412. The molecular formula is C15H22S. The highest BCUT2D eigenvalue weighted by atomic mass is 32.1. The Labute approximate surface area is 103 Å². The minimum atomic E-state index is 0.800. The predicted molar refractivity (Wildman–Crippen MR) is 76.3 cm³/mol. The Hall–Kier alpha value is -0.820. The molecule has 1 heteroatoms. The Morgan fingerprint density at radius 1 is 1.12 bits per heavy atom. The quantitative estimate of drug-likeness (QED) is 0.656. The second-order valence-corrected chi connectivity index (χ2v) is 5.17. The van der Waals surface area contributed by atoms with Gasteiger partial charge in [0.25, 0.3) is 0 Å². The summed E-state index contributed by atoms with van der Waals surface area (Å²) in [7, 11) is 0. The fourth-order valence-corrected chi connectivity index (χ4v) is 2.46. The number of aryl methyl sites for hydroxylation is 1. The molecule has 1 heterocycles. The zero-order valence-electron chi connectivity index (χ0n) is 10.8. The van der Waals surface area contributed by atoms with Gasteiger partial charge in [0.05, 0.1) is 0 Å². The molecule has 0 nitrogen and oxygen atoms in total. The summed E-state index contributed by atoms with van der Waals surface area (Å²) in [6, 6.07) is 9.02. The van der Waals surface area contributed by atoms with Crippen molar-refractivity contribution in [1.82, 2.24) is 0 Å². The zero-order valence-corrected chi connectivity index (χ0v) is 11.6. The molecule has 0 spiro atoms. The predicted octanol–water partition coefficient (Wildman–Crippen LogP) is 5.52. The van der Waals surface area contributed by atoms with Crippen LogP contribution in [0.3, 0.4) is 0 Å². The summed E-state index contributed by atoms with van der Waals surface area (Å²) >= 11 is 1.84. The van der Waals surface area contributed by atoms with Crippen LogP contribution in [0.5, 0.6) is 0 Å². The summed E-state index contributed by atoms with van der Waals surface area (Å²) in [6.07, 6.45) is 2.50. The fourth-order valence-electron chi connectivity index (χ4n) is 1.61. The van der Waals surface area contributed by atoms with E-state index in [1.54, 1.807) is 0 Å². The van der Waals surface area contributed by atoms with Gasteiger partial charge in [-0.15, -0.1) is 11.3 Å². The van der Waals surface area contributed by atoms with Gasteiger partial charge < -0.3 is 0 Å². The second-order valence-electron chi connectivity index (χ2n) is 4.23. The van der Waals surface area contributed by atoms with Crippen LogP contribution in [-0.4, -0.2) is 0 Å². The first-order valence-corrected chi connectivity index (χ1v) is 7.10. The molecule has 0 bridgehead atoms. The lowest BCUT2D eigenvalue weighted by atomic mass is 10.0. The maximum absolute atomic E-state index is 2.34. The number of fused-ring (bicyclic) bond motifs is 1. The number of hydrogen-bond acceptors (Lipinski definition) is 1. The first-order chi connectivity index (χ1) is 7.75. The van der Waals surface area contributed by atoms with Gasteiger partial charge in [-0.3, -0.25) is 0 Å². The van der Waals surface area contributed by atoms with E-state index in [1.807, 2.05) is 25.2 Å². The summed E-state index contributed by atoms with van der Waals surface area (Å²) in [4.78, 5) is 0. The lowest BCUT2D eigenvalue weighted by molar-refractivity contribution is 0.587. The van der Waals surface area contributed by atoms with E-state index in [1.165, 1.54) is 28.5 Å². The van der Waals surface area contributed by atoms with Gasteiger partial charge in [-0.25, -0.2) is 0 Å². The van der Waals surface area contributed by atoms with Crippen LogP contribution in [0.2, 0.25) is 0 Å². The van der Waals surface area contributed by atoms with Crippen molar-refractivity contribution in [1.29, 1.82) is 0 Å². The van der Waals surface area contributed by atoms with Crippen molar-refractivity contribution in [3.63, 3.8) is 0 Å². The van der Waals surface area contributed by atoms with E-state index in [9.17, 15) is 0 Å². The van der Waals surface area contributed by atoms with Crippen LogP contribution < -0.4 is 0 Å². The summed E-state index contributed by atoms with van der Waals surface area (Å²) < 4.78 is 1.42. The van der Waals surface area contributed by atoms with Crippen LogP contribution in [0.15, 0.2) is 29.6 Å². The smallest absolute Gasteiger partial charge is 0.0345 e. The third-order valence-electron chi connectivity index (χ3n) is 2.53. The van der Waals surface area contributed by atoms with Gasteiger partial charge in [0.15, 0.2) is 0 Å². The van der Waals surface area contributed by atoms with Crippen molar-refractivity contribution < 1.29 is 0 Å². The Kier molecular flexibility index (Phi) is 5.54. The molecule has 1 aromatic carbocycles. The largest absolute Gasteiger partial charge is 0.144 e. The third kappa shape index (κ3) is 3.64. The van der Waals surface area contributed by atoms with Crippen molar-refractivity contribution in [3.05, 3.63) is 35.2 Å². The molecule has 0 amide bonds. The van der Waals surface area contributed by atoms with Crippen molar-refractivity contribution >= 4 is 21.4 Å². The lowest BCUT2D eigenvalue weighted by Crippen LogP contribution is -1.91. The molecule has 0 N–H and O–H groups in total. The van der Waals surface area contributed by atoms with Gasteiger partial charge in [0, 0.05) is 4.70 Å². The second kappa shape index (κ2) is 6.70. The van der Waals surface area contributed by atoms with Gasteiger partial charge in [0.1, 0.15) is 0 Å². The molecule has 0 aliphatic heterocycles. The normalized spacial score (nSPS) is 10.3. The van der Waals surface area contributed by atoms with Crippen LogP contribution in [-0.2, 0) is 6.42 Å². The Balaban J connectivity index is 0.000000606. The molecule has 0 radical (unpaired) electrons. The maximum atomic E-state index is 2.34. The van der Waals surface area contributed by atoms with Crippen molar-refractivity contribution in [3.8, 4) is 0 Å². The number of rotatable bonds is 3. The SMILES string of the molecule is CC.CC(C)CCc1ccc2ccsc2c1. The monoisotopic (exact) mass is 234 g/mol. The van der Waals surface area contributed by atoms with Crippen LogP contribution >= 0.6 is 11.3 Å². The van der Waals surface area contributed by atoms with Crippen molar-refractivity contribution in [2.45, 2.75) is 40.5 Å². The summed E-state index contributed by atoms with van der Waals surface area (Å²) in [6.45, 7) is 8.56. The minimum absolute atomic E-state index is 0.800. The number of thiophene rings is 1. The average Bonchev–Trinajstić information content (AvgIpc) is 2.76. The van der Waals surface area contributed by atoms with E-state index in [0.29, 0.717) is 0 Å². The molecule has 0 fully saturated rings. The topological polar surface area (TPSA) is 0 Å². The molecule has 0 unspecified atom stereocenters. The molecule has 0 saturated heterocycles. The van der Waals surface area contributed by atoms with Crippen molar-refractivity contribution in [2.24, 2.45) is 5.92 Å². The van der Waals surface area contributed by atoms with Gasteiger partial charge in [-0.1, -0.05) is 39.8 Å². The van der Waals surface area contributed by atoms with E-state index in [-0.39, 0.29) is 0 Å². The summed E-state index contributed by atoms with van der Waals surface area (Å²) in [5.74, 6) is 0.800. The minimum Gasteiger partial charge on any atom is -0.144 e. The highest BCUT2D eigenvalue weighted by molar-refractivity contribution is 7.17.